The van der Waals surface area contributed by atoms with Gasteiger partial charge in [-0.15, -0.1) is 0 Å². The molecule has 0 aromatic carbocycles. The van der Waals surface area contributed by atoms with Gasteiger partial charge in [-0.2, -0.15) is 5.26 Å². The number of nitrogens with one attached hydrogen (secondary N) is 1. The molecule has 108 valence electrons. The Kier molecular flexibility index (Phi) is 4.92. The summed E-state index contributed by atoms with van der Waals surface area (Å²) in [6.45, 7) is 7.60. The van der Waals surface area contributed by atoms with E-state index >= 15 is 0 Å². The summed E-state index contributed by atoms with van der Waals surface area (Å²) in [6, 6.07) is 1.61. The third-order valence-electron chi connectivity index (χ3n) is 4.15. The number of likely N-dealkylation sites (tertiary alicyclic amines) is 1. The van der Waals surface area contributed by atoms with E-state index in [0.717, 1.165) is 19.3 Å². The van der Waals surface area contributed by atoms with Crippen molar-refractivity contribution in [2.24, 2.45) is 5.92 Å². The van der Waals surface area contributed by atoms with Crippen LogP contribution < -0.4 is 5.32 Å². The van der Waals surface area contributed by atoms with E-state index in [2.05, 4.69) is 10.2 Å². The number of alkyl halides is 1. The van der Waals surface area contributed by atoms with Gasteiger partial charge in [-0.25, -0.2) is 11.0 Å². The molecule has 1 saturated heterocycles. The van der Waals surface area contributed by atoms with Crippen molar-refractivity contribution in [3.8, 4) is 6.07 Å². The highest BCUT2D eigenvalue weighted by atomic mass is 19.1. The Bertz CT molecular complexity index is 441. The van der Waals surface area contributed by atoms with Crippen molar-refractivity contribution in [2.45, 2.75) is 43.9 Å². The first kappa shape index (κ1) is 14.7. The van der Waals surface area contributed by atoms with Gasteiger partial charge in [0, 0.05) is 18.4 Å². The molecule has 1 N–H and O–H groups in total. The average Bonchev–Trinajstić information content (AvgIpc) is 3.03. The minimum Gasteiger partial charge on any atom is -0.323 e. The summed E-state index contributed by atoms with van der Waals surface area (Å²) < 4.78 is 13.3. The predicted molar refractivity (Wildman–Crippen MR) is 71.2 cm³/mol. The molecule has 2 aliphatic rings. The summed E-state index contributed by atoms with van der Waals surface area (Å²) in [4.78, 5) is 16.8. The molecule has 1 amide bonds. The SMILES string of the molecule is [C-]#[N+]C[C@@H]1CC[C@H](NCC(=O)N2C[C@@H](F)C[C@H]2C#N)C1. The fourth-order valence-corrected chi connectivity index (χ4v) is 3.07. The second kappa shape index (κ2) is 6.67. The molecule has 0 radical (unpaired) electrons. The Morgan fingerprint density at radius 2 is 2.30 bits per heavy atom. The zero-order valence-electron chi connectivity index (χ0n) is 11.4. The van der Waals surface area contributed by atoms with Crippen LogP contribution in [-0.4, -0.2) is 48.7 Å². The Labute approximate surface area is 118 Å². The van der Waals surface area contributed by atoms with E-state index in [-0.39, 0.29) is 31.5 Å². The van der Waals surface area contributed by atoms with Crippen LogP contribution in [0.1, 0.15) is 25.7 Å². The molecule has 20 heavy (non-hydrogen) atoms. The Balaban J connectivity index is 1.76. The third-order valence-corrected chi connectivity index (χ3v) is 4.15. The van der Waals surface area contributed by atoms with Crippen LogP contribution in [0, 0.1) is 23.8 Å². The van der Waals surface area contributed by atoms with E-state index in [4.69, 9.17) is 11.8 Å². The van der Waals surface area contributed by atoms with Crippen LogP contribution in [0.25, 0.3) is 4.85 Å². The zero-order valence-corrected chi connectivity index (χ0v) is 11.4. The maximum atomic E-state index is 13.3. The highest BCUT2D eigenvalue weighted by Gasteiger charge is 2.35. The summed E-state index contributed by atoms with van der Waals surface area (Å²) >= 11 is 0. The molecule has 1 heterocycles. The van der Waals surface area contributed by atoms with Crippen molar-refractivity contribution in [1.82, 2.24) is 10.2 Å². The fraction of sp³-hybridized carbons (Fsp3) is 0.786. The second-order valence-corrected chi connectivity index (χ2v) is 5.62. The monoisotopic (exact) mass is 278 g/mol. The molecule has 0 unspecified atom stereocenters. The van der Waals surface area contributed by atoms with Gasteiger partial charge in [-0.05, 0) is 19.3 Å². The Hall–Kier alpha value is -1.66. The van der Waals surface area contributed by atoms with Gasteiger partial charge in [0.2, 0.25) is 12.5 Å². The molecule has 6 heteroatoms. The predicted octanol–water partition coefficient (Wildman–Crippen LogP) is 1.13. The topological polar surface area (TPSA) is 60.5 Å². The summed E-state index contributed by atoms with van der Waals surface area (Å²) in [7, 11) is 0. The van der Waals surface area contributed by atoms with Crippen LogP contribution >= 0.6 is 0 Å². The first-order valence-corrected chi connectivity index (χ1v) is 7.03. The van der Waals surface area contributed by atoms with E-state index in [1.807, 2.05) is 6.07 Å². The normalized spacial score (nSPS) is 32.9. The molecule has 0 aromatic rings. The zero-order chi connectivity index (χ0) is 14.5. The number of nitriles is 1. The number of amides is 1. The van der Waals surface area contributed by atoms with Crippen LogP contribution in [0.3, 0.4) is 0 Å². The lowest BCUT2D eigenvalue weighted by Gasteiger charge is -2.20. The number of nitrogens with zero attached hydrogens (tertiary/aromatic N) is 3. The number of halogens is 1. The number of rotatable bonds is 4. The van der Waals surface area contributed by atoms with Crippen molar-refractivity contribution in [3.05, 3.63) is 11.4 Å². The van der Waals surface area contributed by atoms with E-state index in [0.29, 0.717) is 12.5 Å². The standard InChI is InChI=1S/C14H19FN4O/c1-17-7-10-2-3-12(4-10)18-8-14(20)19-9-11(15)5-13(19)6-16/h10-13,18H,2-5,7-9H2/t10-,11+,12+,13+/m1/s1. The number of hydrogen-bond donors (Lipinski definition) is 1. The van der Waals surface area contributed by atoms with Crippen LogP contribution in [0.15, 0.2) is 0 Å². The van der Waals surface area contributed by atoms with Crippen LogP contribution in [0.2, 0.25) is 0 Å². The van der Waals surface area contributed by atoms with Gasteiger partial charge in [0.15, 0.2) is 0 Å². The molecule has 0 spiro atoms. The molecular weight excluding hydrogens is 259 g/mol. The Morgan fingerprint density at radius 1 is 1.50 bits per heavy atom. The highest BCUT2D eigenvalue weighted by Crippen LogP contribution is 2.26. The van der Waals surface area contributed by atoms with Crippen molar-refractivity contribution in [1.29, 1.82) is 5.26 Å². The largest absolute Gasteiger partial charge is 0.323 e. The van der Waals surface area contributed by atoms with Crippen LogP contribution in [0.4, 0.5) is 4.39 Å². The van der Waals surface area contributed by atoms with Gasteiger partial charge < -0.3 is 15.1 Å². The van der Waals surface area contributed by atoms with Crippen molar-refractivity contribution in [3.63, 3.8) is 0 Å². The summed E-state index contributed by atoms with van der Waals surface area (Å²) in [5.41, 5.74) is 0. The summed E-state index contributed by atoms with van der Waals surface area (Å²) in [6.07, 6.45) is 1.95. The molecule has 2 fully saturated rings. The van der Waals surface area contributed by atoms with Crippen molar-refractivity contribution < 1.29 is 9.18 Å². The van der Waals surface area contributed by atoms with Crippen molar-refractivity contribution in [2.75, 3.05) is 19.6 Å². The number of hydrogen-bond acceptors (Lipinski definition) is 3. The number of carbonyl (C=O) groups excluding carboxylic acids is 1. The van der Waals surface area contributed by atoms with Gasteiger partial charge in [-0.3, -0.25) is 4.79 Å². The van der Waals surface area contributed by atoms with Crippen LogP contribution in [0.5, 0.6) is 0 Å². The molecule has 1 aliphatic heterocycles. The van der Waals surface area contributed by atoms with Gasteiger partial charge in [0.1, 0.15) is 12.2 Å². The lowest BCUT2D eigenvalue weighted by Crippen LogP contribution is -2.43. The van der Waals surface area contributed by atoms with E-state index < -0.39 is 12.2 Å². The quantitative estimate of drug-likeness (QED) is 0.784. The number of carbonyl (C=O) groups is 1. The first-order valence-electron chi connectivity index (χ1n) is 7.03. The van der Waals surface area contributed by atoms with E-state index in [1.54, 1.807) is 0 Å². The molecule has 0 aromatic heterocycles. The molecule has 1 saturated carbocycles. The van der Waals surface area contributed by atoms with Gasteiger partial charge >= 0.3 is 0 Å². The second-order valence-electron chi connectivity index (χ2n) is 5.62. The first-order chi connectivity index (χ1) is 9.63. The average molecular weight is 278 g/mol. The van der Waals surface area contributed by atoms with Gasteiger partial charge in [-0.1, -0.05) is 0 Å². The molecule has 2 rings (SSSR count). The smallest absolute Gasteiger partial charge is 0.237 e. The van der Waals surface area contributed by atoms with Gasteiger partial charge in [0.05, 0.1) is 19.2 Å². The minimum atomic E-state index is -1.09. The van der Waals surface area contributed by atoms with E-state index in [1.165, 1.54) is 4.90 Å². The Morgan fingerprint density at radius 3 is 3.00 bits per heavy atom. The maximum Gasteiger partial charge on any atom is 0.237 e. The molecule has 5 nitrogen and oxygen atoms in total. The minimum absolute atomic E-state index is 0.0315. The fourth-order valence-electron chi connectivity index (χ4n) is 3.07. The van der Waals surface area contributed by atoms with Crippen LogP contribution in [-0.2, 0) is 4.79 Å². The van der Waals surface area contributed by atoms with Gasteiger partial charge in [0.25, 0.3) is 0 Å². The molecule has 4 atom stereocenters. The summed E-state index contributed by atoms with van der Waals surface area (Å²) in [5.74, 6) is 0.222. The molecular formula is C14H19FN4O. The third kappa shape index (κ3) is 3.46. The lowest BCUT2D eigenvalue weighted by molar-refractivity contribution is -0.130. The van der Waals surface area contributed by atoms with E-state index in [9.17, 15) is 9.18 Å². The van der Waals surface area contributed by atoms with Crippen molar-refractivity contribution >= 4 is 5.91 Å². The summed E-state index contributed by atoms with van der Waals surface area (Å²) in [5, 5.41) is 12.1. The maximum absolute atomic E-state index is 13.3. The highest BCUT2D eigenvalue weighted by molar-refractivity contribution is 5.79. The molecule has 1 aliphatic carbocycles. The molecule has 0 bridgehead atoms. The lowest BCUT2D eigenvalue weighted by atomic mass is 10.1.